The maximum atomic E-state index is 13.5. The standard InChI is InChI=1S/C26H19ClFN5O/c27-20-11-6-17(7-12-20)8-15-24(34)30-25-31-26-29-22(18-4-2-1-3-5-18)16-23(33(26)32-25)19-9-13-21(28)14-10-19/h1-16,23H,(H2,29,30,31,32,34)/b15-8+/t23-/m0/s1. The van der Waals surface area contributed by atoms with Crippen molar-refractivity contribution in [2.75, 3.05) is 10.6 Å². The maximum absolute atomic E-state index is 13.5. The van der Waals surface area contributed by atoms with Crippen molar-refractivity contribution in [2.45, 2.75) is 6.04 Å². The van der Waals surface area contributed by atoms with Crippen LogP contribution in [0.5, 0.6) is 0 Å². The molecule has 0 saturated carbocycles. The molecule has 2 N–H and O–H groups in total. The van der Waals surface area contributed by atoms with Crippen LogP contribution in [-0.2, 0) is 4.79 Å². The molecule has 0 unspecified atom stereocenters. The molecule has 1 aromatic heterocycles. The quantitative estimate of drug-likeness (QED) is 0.362. The lowest BCUT2D eigenvalue weighted by Gasteiger charge is -2.24. The topological polar surface area (TPSA) is 71.8 Å². The Morgan fingerprint density at radius 3 is 2.50 bits per heavy atom. The minimum atomic E-state index is -0.368. The number of amides is 1. The SMILES string of the molecule is O=C(/C=C/c1ccc(Cl)cc1)Nc1nc2n(n1)[C@H](c1ccc(F)cc1)C=C(c1ccccc1)N2. The van der Waals surface area contributed by atoms with E-state index in [0.717, 1.165) is 22.4 Å². The van der Waals surface area contributed by atoms with Gasteiger partial charge in [0.1, 0.15) is 11.9 Å². The molecule has 5 rings (SSSR count). The first-order valence-corrected chi connectivity index (χ1v) is 10.9. The van der Waals surface area contributed by atoms with Crippen LogP contribution in [0.1, 0.15) is 22.7 Å². The van der Waals surface area contributed by atoms with Crippen molar-refractivity contribution in [2.24, 2.45) is 0 Å². The van der Waals surface area contributed by atoms with Crippen molar-refractivity contribution in [1.29, 1.82) is 0 Å². The lowest BCUT2D eigenvalue weighted by Crippen LogP contribution is -2.20. The van der Waals surface area contributed by atoms with Crippen LogP contribution in [0.4, 0.5) is 16.3 Å². The van der Waals surface area contributed by atoms with Crippen molar-refractivity contribution in [1.82, 2.24) is 14.8 Å². The number of benzene rings is 3. The zero-order valence-electron chi connectivity index (χ0n) is 17.8. The van der Waals surface area contributed by atoms with E-state index >= 15 is 0 Å². The number of halogens is 2. The summed E-state index contributed by atoms with van der Waals surface area (Å²) in [5.41, 5.74) is 3.49. The summed E-state index contributed by atoms with van der Waals surface area (Å²) in [4.78, 5) is 16.9. The number of allylic oxidation sites excluding steroid dienone is 1. The average Bonchev–Trinajstić information content (AvgIpc) is 3.26. The van der Waals surface area contributed by atoms with Crippen molar-refractivity contribution in [3.63, 3.8) is 0 Å². The Hall–Kier alpha value is -4.23. The zero-order chi connectivity index (χ0) is 23.5. The molecule has 2 heterocycles. The van der Waals surface area contributed by atoms with Crippen LogP contribution in [0.25, 0.3) is 11.8 Å². The molecule has 0 spiro atoms. The molecule has 1 amide bonds. The number of hydrogen-bond donors (Lipinski definition) is 2. The third-order valence-electron chi connectivity index (χ3n) is 5.29. The second kappa shape index (κ2) is 9.33. The van der Waals surface area contributed by atoms with E-state index < -0.39 is 0 Å². The minimum Gasteiger partial charge on any atom is -0.324 e. The van der Waals surface area contributed by atoms with Gasteiger partial charge in [0, 0.05) is 16.8 Å². The summed E-state index contributed by atoms with van der Waals surface area (Å²) in [5.74, 6) is -0.0626. The molecule has 0 bridgehead atoms. The van der Waals surface area contributed by atoms with Crippen molar-refractivity contribution >= 4 is 41.2 Å². The van der Waals surface area contributed by atoms with Gasteiger partial charge >= 0.3 is 0 Å². The van der Waals surface area contributed by atoms with E-state index in [1.165, 1.54) is 18.2 Å². The van der Waals surface area contributed by atoms with E-state index in [1.54, 1.807) is 35.0 Å². The normalized spacial score (nSPS) is 14.9. The predicted octanol–water partition coefficient (Wildman–Crippen LogP) is 5.78. The van der Waals surface area contributed by atoms with E-state index in [0.29, 0.717) is 11.0 Å². The molecule has 1 atom stereocenters. The molecule has 1 aliphatic heterocycles. The summed E-state index contributed by atoms with van der Waals surface area (Å²) in [6.07, 6.45) is 5.08. The number of hydrogen-bond acceptors (Lipinski definition) is 4. The minimum absolute atomic E-state index is 0.156. The molecule has 0 aliphatic carbocycles. The predicted molar refractivity (Wildman–Crippen MR) is 132 cm³/mol. The van der Waals surface area contributed by atoms with Crippen molar-refractivity contribution in [3.05, 3.63) is 119 Å². The van der Waals surface area contributed by atoms with Gasteiger partial charge in [0.05, 0.1) is 0 Å². The van der Waals surface area contributed by atoms with Gasteiger partial charge < -0.3 is 5.32 Å². The van der Waals surface area contributed by atoms with Gasteiger partial charge in [0.15, 0.2) is 0 Å². The number of nitrogens with zero attached hydrogens (tertiary/aromatic N) is 3. The second-order valence-electron chi connectivity index (χ2n) is 7.65. The van der Waals surface area contributed by atoms with Crippen LogP contribution >= 0.6 is 11.6 Å². The van der Waals surface area contributed by atoms with Gasteiger partial charge in [-0.1, -0.05) is 66.2 Å². The summed E-state index contributed by atoms with van der Waals surface area (Å²) in [5, 5.41) is 11.1. The number of carbonyl (C=O) groups is 1. The van der Waals surface area contributed by atoms with Crippen LogP contribution < -0.4 is 10.6 Å². The molecule has 168 valence electrons. The first-order chi connectivity index (χ1) is 16.5. The second-order valence-corrected chi connectivity index (χ2v) is 8.08. The number of fused-ring (bicyclic) bond motifs is 1. The highest BCUT2D eigenvalue weighted by Crippen LogP contribution is 2.33. The van der Waals surface area contributed by atoms with E-state index in [9.17, 15) is 9.18 Å². The third kappa shape index (κ3) is 4.74. The molecule has 6 nitrogen and oxygen atoms in total. The highest BCUT2D eigenvalue weighted by Gasteiger charge is 2.25. The summed E-state index contributed by atoms with van der Waals surface area (Å²) in [6, 6.07) is 22.8. The van der Waals surface area contributed by atoms with Crippen LogP contribution in [0.3, 0.4) is 0 Å². The Morgan fingerprint density at radius 1 is 1.03 bits per heavy atom. The van der Waals surface area contributed by atoms with Crippen molar-refractivity contribution < 1.29 is 9.18 Å². The molecule has 8 heteroatoms. The zero-order valence-corrected chi connectivity index (χ0v) is 18.6. The highest BCUT2D eigenvalue weighted by molar-refractivity contribution is 6.30. The molecule has 0 saturated heterocycles. The lowest BCUT2D eigenvalue weighted by atomic mass is 10.0. The third-order valence-corrected chi connectivity index (χ3v) is 5.55. The fraction of sp³-hybridized carbons (Fsp3) is 0.0385. The Kier molecular flexibility index (Phi) is 5.93. The molecule has 1 aliphatic rings. The monoisotopic (exact) mass is 471 g/mol. The van der Waals surface area contributed by atoms with Gasteiger partial charge in [-0.15, -0.1) is 5.10 Å². The number of carbonyl (C=O) groups excluding carboxylic acids is 1. The number of aromatic nitrogens is 3. The highest BCUT2D eigenvalue weighted by atomic mass is 35.5. The summed E-state index contributed by atoms with van der Waals surface area (Å²) in [7, 11) is 0. The summed E-state index contributed by atoms with van der Waals surface area (Å²) < 4.78 is 15.2. The smallest absolute Gasteiger partial charge is 0.250 e. The molecule has 34 heavy (non-hydrogen) atoms. The van der Waals surface area contributed by atoms with Crippen LogP contribution in [0, 0.1) is 5.82 Å². The molecule has 4 aromatic rings. The molecular weight excluding hydrogens is 453 g/mol. The number of anilines is 2. The Balaban J connectivity index is 1.42. The summed E-state index contributed by atoms with van der Waals surface area (Å²) in [6.45, 7) is 0. The van der Waals surface area contributed by atoms with E-state index in [4.69, 9.17) is 11.6 Å². The van der Waals surface area contributed by atoms with Crippen LogP contribution in [-0.4, -0.2) is 20.7 Å². The molecule has 0 fully saturated rings. The average molecular weight is 472 g/mol. The van der Waals surface area contributed by atoms with Gasteiger partial charge in [-0.2, -0.15) is 4.98 Å². The van der Waals surface area contributed by atoms with Crippen LogP contribution in [0.2, 0.25) is 5.02 Å². The molecular formula is C26H19ClFN5O. The molecule has 3 aromatic carbocycles. The van der Waals surface area contributed by atoms with Gasteiger partial charge in [0.25, 0.3) is 11.9 Å². The largest absolute Gasteiger partial charge is 0.324 e. The first-order valence-electron chi connectivity index (χ1n) is 10.6. The summed E-state index contributed by atoms with van der Waals surface area (Å²) >= 11 is 5.89. The number of nitrogens with one attached hydrogen (secondary N) is 2. The van der Waals surface area contributed by atoms with Crippen LogP contribution in [0.15, 0.2) is 91.0 Å². The van der Waals surface area contributed by atoms with E-state index in [-0.39, 0.29) is 23.7 Å². The van der Waals surface area contributed by atoms with Gasteiger partial charge in [-0.25, -0.2) is 9.07 Å². The maximum Gasteiger partial charge on any atom is 0.250 e. The van der Waals surface area contributed by atoms with Gasteiger partial charge in [-0.3, -0.25) is 10.1 Å². The lowest BCUT2D eigenvalue weighted by molar-refractivity contribution is -0.111. The van der Waals surface area contributed by atoms with Gasteiger partial charge in [0.2, 0.25) is 5.95 Å². The number of rotatable bonds is 5. The van der Waals surface area contributed by atoms with E-state index in [2.05, 4.69) is 20.7 Å². The van der Waals surface area contributed by atoms with E-state index in [1.807, 2.05) is 48.5 Å². The fourth-order valence-electron chi connectivity index (χ4n) is 3.63. The Labute approximate surface area is 200 Å². The Morgan fingerprint density at radius 2 is 1.76 bits per heavy atom. The van der Waals surface area contributed by atoms with Gasteiger partial charge in [-0.05, 0) is 53.1 Å². The Bertz CT molecular complexity index is 1380. The molecule has 0 radical (unpaired) electrons. The van der Waals surface area contributed by atoms with Crippen molar-refractivity contribution in [3.8, 4) is 0 Å². The first kappa shape index (κ1) is 21.6. The fourth-order valence-corrected chi connectivity index (χ4v) is 3.75.